The van der Waals surface area contributed by atoms with Crippen molar-refractivity contribution in [3.63, 3.8) is 0 Å². The molecule has 6 nitrogen and oxygen atoms in total. The number of aromatic amines is 1. The average Bonchev–Trinajstić information content (AvgIpc) is 3.19. The van der Waals surface area contributed by atoms with E-state index in [0.717, 1.165) is 19.4 Å². The number of ether oxygens (including phenoxy) is 1. The van der Waals surface area contributed by atoms with Crippen LogP contribution in [-0.4, -0.2) is 39.0 Å². The number of thioether (sulfide) groups is 1. The van der Waals surface area contributed by atoms with Crippen LogP contribution in [0.4, 0.5) is 0 Å². The lowest BCUT2D eigenvalue weighted by Gasteiger charge is -2.10. The predicted molar refractivity (Wildman–Crippen MR) is 93.3 cm³/mol. The van der Waals surface area contributed by atoms with E-state index >= 15 is 0 Å². The Labute approximate surface area is 152 Å². The third-order valence-electron chi connectivity index (χ3n) is 3.71. The third-order valence-corrected chi connectivity index (χ3v) is 5.42. The molecule has 1 aromatic carbocycles. The number of halogens is 2. The van der Waals surface area contributed by atoms with E-state index in [1.165, 1.54) is 22.4 Å². The van der Waals surface area contributed by atoms with Gasteiger partial charge in [-0.2, -0.15) is 0 Å². The molecule has 1 fully saturated rings. The van der Waals surface area contributed by atoms with Crippen LogP contribution in [0.3, 0.4) is 0 Å². The molecule has 0 amide bonds. The second-order valence-corrected chi connectivity index (χ2v) is 7.15. The van der Waals surface area contributed by atoms with E-state index in [9.17, 15) is 9.59 Å². The first-order chi connectivity index (χ1) is 11.5. The molecule has 2 aromatic rings. The highest BCUT2D eigenvalue weighted by atomic mass is 35.5. The molecule has 128 valence electrons. The summed E-state index contributed by atoms with van der Waals surface area (Å²) in [5.41, 5.74) is 0.176. The zero-order valence-corrected chi connectivity index (χ0v) is 15.0. The molecule has 1 saturated heterocycles. The second-order valence-electron chi connectivity index (χ2n) is 5.40. The molecule has 0 spiro atoms. The van der Waals surface area contributed by atoms with Crippen molar-refractivity contribution in [3.8, 4) is 0 Å². The number of nitrogens with one attached hydrogen (secondary N) is 1. The van der Waals surface area contributed by atoms with Crippen molar-refractivity contribution >= 4 is 40.7 Å². The van der Waals surface area contributed by atoms with Gasteiger partial charge in [0.05, 0.1) is 28.4 Å². The number of hydrogen-bond acceptors (Lipinski definition) is 5. The Morgan fingerprint density at radius 1 is 1.42 bits per heavy atom. The quantitative estimate of drug-likeness (QED) is 0.608. The molecule has 3 rings (SSSR count). The minimum atomic E-state index is -0.296. The summed E-state index contributed by atoms with van der Waals surface area (Å²) in [6.07, 6.45) is 1.94. The number of ketones is 1. The van der Waals surface area contributed by atoms with E-state index in [2.05, 4.69) is 10.2 Å². The summed E-state index contributed by atoms with van der Waals surface area (Å²) < 4.78 is 7.07. The van der Waals surface area contributed by atoms with Crippen molar-refractivity contribution in [3.05, 3.63) is 44.3 Å². The Balaban J connectivity index is 1.66. The van der Waals surface area contributed by atoms with Gasteiger partial charge in [0, 0.05) is 12.2 Å². The monoisotopic (exact) mass is 387 g/mol. The predicted octanol–water partition coefficient (Wildman–Crippen LogP) is 3.03. The number of nitrogens with zero attached hydrogens (tertiary/aromatic N) is 2. The Hall–Kier alpha value is -1.28. The minimum Gasteiger partial charge on any atom is -0.376 e. The first-order valence-corrected chi connectivity index (χ1v) is 9.16. The topological polar surface area (TPSA) is 77.0 Å². The summed E-state index contributed by atoms with van der Waals surface area (Å²) in [5, 5.41) is 7.62. The normalized spacial score (nSPS) is 17.3. The summed E-state index contributed by atoms with van der Waals surface area (Å²) in [6.45, 7) is 1.16. The first kappa shape index (κ1) is 17.5. The summed E-state index contributed by atoms with van der Waals surface area (Å²) in [7, 11) is 0. The molecular weight excluding hydrogens is 373 g/mol. The summed E-state index contributed by atoms with van der Waals surface area (Å²) >= 11 is 13.0. The van der Waals surface area contributed by atoms with Crippen LogP contribution in [0.5, 0.6) is 0 Å². The van der Waals surface area contributed by atoms with Gasteiger partial charge in [-0.05, 0) is 31.0 Å². The number of rotatable bonds is 6. The molecular formula is C15H15Cl2N3O3S. The fourth-order valence-electron chi connectivity index (χ4n) is 2.45. The van der Waals surface area contributed by atoms with Gasteiger partial charge in [-0.25, -0.2) is 9.89 Å². The Kier molecular flexibility index (Phi) is 5.65. The first-order valence-electron chi connectivity index (χ1n) is 7.42. The Morgan fingerprint density at radius 2 is 2.25 bits per heavy atom. The molecule has 1 atom stereocenters. The van der Waals surface area contributed by atoms with E-state index in [1.54, 1.807) is 12.1 Å². The average molecular weight is 388 g/mol. The number of benzene rings is 1. The maximum atomic E-state index is 12.3. The van der Waals surface area contributed by atoms with Gasteiger partial charge in [0.1, 0.15) is 0 Å². The number of carbonyl (C=O) groups excluding carboxylic acids is 1. The molecule has 1 N–H and O–H groups in total. The van der Waals surface area contributed by atoms with Crippen LogP contribution in [0.2, 0.25) is 10.0 Å². The lowest BCUT2D eigenvalue weighted by molar-refractivity contribution is 0.0941. The highest BCUT2D eigenvalue weighted by Gasteiger charge is 2.20. The van der Waals surface area contributed by atoms with Crippen molar-refractivity contribution in [1.29, 1.82) is 0 Å². The minimum absolute atomic E-state index is 0.0189. The zero-order chi connectivity index (χ0) is 17.1. The fraction of sp³-hybridized carbons (Fsp3) is 0.400. The number of H-pyrrole nitrogens is 1. The largest absolute Gasteiger partial charge is 0.376 e. The Bertz CT molecular complexity index is 800. The van der Waals surface area contributed by atoms with Crippen molar-refractivity contribution < 1.29 is 9.53 Å². The van der Waals surface area contributed by atoms with Gasteiger partial charge in [0.25, 0.3) is 0 Å². The van der Waals surface area contributed by atoms with Crippen LogP contribution in [0.1, 0.15) is 23.2 Å². The highest BCUT2D eigenvalue weighted by Crippen LogP contribution is 2.24. The van der Waals surface area contributed by atoms with Crippen molar-refractivity contribution in [2.75, 3.05) is 12.4 Å². The smallest absolute Gasteiger partial charge is 0.344 e. The van der Waals surface area contributed by atoms with Crippen LogP contribution in [0.25, 0.3) is 0 Å². The van der Waals surface area contributed by atoms with Gasteiger partial charge in [0.15, 0.2) is 10.9 Å². The fourth-order valence-corrected chi connectivity index (χ4v) is 3.60. The molecule has 0 aliphatic carbocycles. The molecule has 1 unspecified atom stereocenters. The molecule has 0 bridgehead atoms. The lowest BCUT2D eigenvalue weighted by atomic mass is 10.1. The highest BCUT2D eigenvalue weighted by molar-refractivity contribution is 7.99. The van der Waals surface area contributed by atoms with E-state index in [0.29, 0.717) is 27.3 Å². The van der Waals surface area contributed by atoms with E-state index < -0.39 is 0 Å². The van der Waals surface area contributed by atoms with E-state index in [4.69, 9.17) is 27.9 Å². The molecule has 0 radical (unpaired) electrons. The van der Waals surface area contributed by atoms with E-state index in [-0.39, 0.29) is 23.3 Å². The van der Waals surface area contributed by atoms with Gasteiger partial charge in [-0.3, -0.25) is 9.36 Å². The van der Waals surface area contributed by atoms with Gasteiger partial charge < -0.3 is 4.74 Å². The van der Waals surface area contributed by atoms with Crippen LogP contribution >= 0.6 is 35.0 Å². The van der Waals surface area contributed by atoms with Gasteiger partial charge in [-0.15, -0.1) is 5.10 Å². The van der Waals surface area contributed by atoms with Gasteiger partial charge in [0.2, 0.25) is 0 Å². The maximum absolute atomic E-state index is 12.3. The van der Waals surface area contributed by atoms with E-state index in [1.807, 2.05) is 0 Å². The van der Waals surface area contributed by atoms with Crippen molar-refractivity contribution in [1.82, 2.24) is 14.8 Å². The molecule has 1 aromatic heterocycles. The Morgan fingerprint density at radius 3 is 2.96 bits per heavy atom. The van der Waals surface area contributed by atoms with Gasteiger partial charge >= 0.3 is 5.69 Å². The van der Waals surface area contributed by atoms with Crippen molar-refractivity contribution in [2.24, 2.45) is 0 Å². The molecule has 2 heterocycles. The third kappa shape index (κ3) is 4.03. The summed E-state index contributed by atoms with van der Waals surface area (Å²) in [5.74, 6) is 0.0333. The van der Waals surface area contributed by atoms with Gasteiger partial charge in [-0.1, -0.05) is 35.0 Å². The molecule has 1 aliphatic heterocycles. The second kappa shape index (κ2) is 7.74. The van der Waals surface area contributed by atoms with Crippen LogP contribution < -0.4 is 5.69 Å². The molecule has 24 heavy (non-hydrogen) atoms. The standard InChI is InChI=1S/C15H15Cl2N3O3S/c16-11-4-3-9(6-12(11)17)13(21)8-24-15-19-18-14(22)20(15)7-10-2-1-5-23-10/h3-4,6,10H,1-2,5,7-8H2,(H,18,22). The zero-order valence-electron chi connectivity index (χ0n) is 12.6. The van der Waals surface area contributed by atoms with Crippen LogP contribution in [0.15, 0.2) is 28.2 Å². The van der Waals surface area contributed by atoms with Crippen molar-refractivity contribution in [2.45, 2.75) is 30.6 Å². The number of Topliss-reactive ketones (excluding diaryl/α,β-unsaturated/α-hetero) is 1. The summed E-state index contributed by atoms with van der Waals surface area (Å²) in [6, 6.07) is 4.75. The molecule has 9 heteroatoms. The summed E-state index contributed by atoms with van der Waals surface area (Å²) in [4.78, 5) is 24.2. The van der Waals surface area contributed by atoms with Crippen LogP contribution in [-0.2, 0) is 11.3 Å². The number of hydrogen-bond donors (Lipinski definition) is 1. The number of carbonyl (C=O) groups is 1. The maximum Gasteiger partial charge on any atom is 0.344 e. The molecule has 1 aliphatic rings. The number of aromatic nitrogens is 3. The van der Waals surface area contributed by atoms with Crippen LogP contribution in [0, 0.1) is 0 Å². The molecule has 0 saturated carbocycles. The SMILES string of the molecule is O=C(CSc1n[nH]c(=O)n1CC1CCCO1)c1ccc(Cl)c(Cl)c1. The lowest BCUT2D eigenvalue weighted by Crippen LogP contribution is -2.25.